The number of fused-ring (bicyclic) bond motifs is 2. The van der Waals surface area contributed by atoms with E-state index in [0.29, 0.717) is 27.9 Å². The number of sulfonamides is 1. The zero-order chi connectivity index (χ0) is 29.9. The van der Waals surface area contributed by atoms with Crippen LogP contribution in [0.3, 0.4) is 0 Å². The molecule has 0 aromatic heterocycles. The summed E-state index contributed by atoms with van der Waals surface area (Å²) in [7, 11) is -8.92. The predicted molar refractivity (Wildman–Crippen MR) is 166 cm³/mol. The maximum Gasteiger partial charge on any atom is 0.295 e. The Morgan fingerprint density at radius 3 is 2.17 bits per heavy atom. The molecule has 13 heteroatoms. The highest BCUT2D eigenvalue weighted by atomic mass is 35.5. The second kappa shape index (κ2) is 13.5. The lowest BCUT2D eigenvalue weighted by Gasteiger charge is -2.22. The van der Waals surface area contributed by atoms with Crippen LogP contribution in [0.1, 0.15) is 27.7 Å². The van der Waals surface area contributed by atoms with Gasteiger partial charge in [0.25, 0.3) is 10.1 Å². The Kier molecular flexibility index (Phi) is 10.8. The van der Waals surface area contributed by atoms with Gasteiger partial charge in [0.15, 0.2) is 0 Å². The summed E-state index contributed by atoms with van der Waals surface area (Å²) >= 11 is 5.64. The highest BCUT2D eigenvalue weighted by molar-refractivity contribution is 7.89. The first kappa shape index (κ1) is 33.5. The van der Waals surface area contributed by atoms with Crippen molar-refractivity contribution in [2.24, 2.45) is 0 Å². The minimum atomic E-state index is -4.85. The Hall–Kier alpha value is -3.00. The molecule has 0 unspecified atom stereocenters. The highest BCUT2D eigenvalue weighted by Gasteiger charge is 2.27. The Labute approximate surface area is 251 Å². The molecule has 42 heavy (non-hydrogen) atoms. The fourth-order valence-corrected chi connectivity index (χ4v) is 7.14. The van der Waals surface area contributed by atoms with Gasteiger partial charge < -0.3 is 14.8 Å². The molecule has 4 rings (SSSR count). The number of anilines is 1. The van der Waals surface area contributed by atoms with Crippen molar-refractivity contribution >= 4 is 48.4 Å². The summed E-state index contributed by atoms with van der Waals surface area (Å²) in [5.74, 6) is 0.564. The van der Waals surface area contributed by atoms with E-state index >= 15 is 0 Å². The number of benzene rings is 3. The average molecular weight is 638 g/mol. The van der Waals surface area contributed by atoms with E-state index in [0.717, 1.165) is 43.3 Å². The highest BCUT2D eigenvalue weighted by Crippen LogP contribution is 2.43. The molecule has 3 N–H and O–H groups in total. The number of hydrogen-bond donors (Lipinski definition) is 2. The maximum absolute atomic E-state index is 12.8. The van der Waals surface area contributed by atoms with Crippen molar-refractivity contribution in [2.45, 2.75) is 37.5 Å². The Bertz CT molecular complexity index is 1830. The fraction of sp³-hybridized carbons (Fsp3) is 0.345. The topological polar surface area (TPSA) is 150 Å². The van der Waals surface area contributed by atoms with Crippen molar-refractivity contribution in [3.63, 3.8) is 0 Å². The van der Waals surface area contributed by atoms with E-state index in [9.17, 15) is 21.4 Å². The Balaban J connectivity index is 0.00000484. The van der Waals surface area contributed by atoms with Crippen LogP contribution in [0.2, 0.25) is 0 Å². The molecule has 0 bridgehead atoms. The van der Waals surface area contributed by atoms with E-state index in [1.165, 1.54) is 12.1 Å². The minimum Gasteiger partial charge on any atom is -0.870 e. The second-order valence-corrected chi connectivity index (χ2v) is 12.9. The van der Waals surface area contributed by atoms with Gasteiger partial charge in [-0.05, 0) is 58.0 Å². The van der Waals surface area contributed by atoms with E-state index in [-0.39, 0.29) is 28.4 Å². The predicted octanol–water partition coefficient (Wildman–Crippen LogP) is 4.45. The summed E-state index contributed by atoms with van der Waals surface area (Å²) in [6.07, 6.45) is 0. The van der Waals surface area contributed by atoms with Crippen LogP contribution in [-0.4, -0.2) is 65.5 Å². The molecule has 0 saturated carbocycles. The first-order valence-electron chi connectivity index (χ1n) is 13.5. The van der Waals surface area contributed by atoms with Gasteiger partial charge >= 0.3 is 0 Å². The molecule has 228 valence electrons. The molecule has 1 heterocycles. The van der Waals surface area contributed by atoms with Gasteiger partial charge in [-0.25, -0.2) is 17.7 Å². The average Bonchev–Trinajstić information content (AvgIpc) is 2.95. The molecular weight excluding hydrogens is 602 g/mol. The van der Waals surface area contributed by atoms with Crippen molar-refractivity contribution < 1.29 is 31.3 Å². The molecule has 0 fully saturated rings. The van der Waals surface area contributed by atoms with Gasteiger partial charge in [0.1, 0.15) is 29.3 Å². The summed E-state index contributed by atoms with van der Waals surface area (Å²) in [6.45, 7) is 11.3. The zero-order valence-corrected chi connectivity index (χ0v) is 26.4. The van der Waals surface area contributed by atoms with Crippen LogP contribution in [0.25, 0.3) is 33.4 Å². The second-order valence-electron chi connectivity index (χ2n) is 9.40. The lowest BCUT2D eigenvalue weighted by atomic mass is 9.93. The molecule has 1 aliphatic carbocycles. The Morgan fingerprint density at radius 1 is 0.905 bits per heavy atom. The number of nitrogens with one attached hydrogen (secondary N) is 1. The van der Waals surface area contributed by atoms with Crippen molar-refractivity contribution in [2.75, 3.05) is 43.5 Å². The minimum absolute atomic E-state index is 0. The summed E-state index contributed by atoms with van der Waals surface area (Å²) in [4.78, 5) is 1.34. The third-order valence-electron chi connectivity index (χ3n) is 7.14. The third-order valence-corrected chi connectivity index (χ3v) is 9.68. The van der Waals surface area contributed by atoms with E-state index in [1.807, 2.05) is 36.4 Å². The molecule has 0 spiro atoms. The van der Waals surface area contributed by atoms with Gasteiger partial charge in [0, 0.05) is 65.4 Å². The number of hydrogen-bond acceptors (Lipinski definition) is 7. The van der Waals surface area contributed by atoms with E-state index in [2.05, 4.69) is 41.9 Å². The molecular formula is C29H36ClN3O7S2. The van der Waals surface area contributed by atoms with Gasteiger partial charge in [-0.15, -0.1) is 11.6 Å². The molecule has 2 aliphatic rings. The maximum atomic E-state index is 12.8. The van der Waals surface area contributed by atoms with E-state index in [1.54, 1.807) is 0 Å². The molecule has 10 nitrogen and oxygen atoms in total. The van der Waals surface area contributed by atoms with Crippen LogP contribution in [0.4, 0.5) is 5.69 Å². The summed E-state index contributed by atoms with van der Waals surface area (Å²) < 4.78 is 72.2. The van der Waals surface area contributed by atoms with Crippen LogP contribution < -0.4 is 19.6 Å². The van der Waals surface area contributed by atoms with E-state index < -0.39 is 25.0 Å². The van der Waals surface area contributed by atoms with Crippen molar-refractivity contribution in [3.8, 4) is 22.5 Å². The first-order chi connectivity index (χ1) is 19.5. The lowest BCUT2D eigenvalue weighted by Crippen LogP contribution is -2.29. The quantitative estimate of drug-likeness (QED) is 0.106. The number of alkyl halides is 1. The number of nitrogens with zero attached hydrogens (tertiary/aromatic N) is 2. The van der Waals surface area contributed by atoms with Crippen molar-refractivity contribution in [1.82, 2.24) is 9.30 Å². The van der Waals surface area contributed by atoms with Gasteiger partial charge in [-0.2, -0.15) is 8.42 Å². The third kappa shape index (κ3) is 6.64. The normalized spacial score (nSPS) is 12.0. The molecule has 0 amide bonds. The summed E-state index contributed by atoms with van der Waals surface area (Å²) in [5.41, 5.74) is 2.74. The zero-order valence-electron chi connectivity index (χ0n) is 24.0. The smallest absolute Gasteiger partial charge is 0.295 e. The Morgan fingerprint density at radius 2 is 1.57 bits per heavy atom. The van der Waals surface area contributed by atoms with Crippen molar-refractivity contribution in [3.05, 3.63) is 60.0 Å². The van der Waals surface area contributed by atoms with Gasteiger partial charge in [-0.3, -0.25) is 4.55 Å². The lowest BCUT2D eigenvalue weighted by molar-refractivity contribution is 0.483. The summed E-state index contributed by atoms with van der Waals surface area (Å²) in [6, 6.07) is 15.1. The molecule has 0 saturated heterocycles. The van der Waals surface area contributed by atoms with Crippen molar-refractivity contribution in [1.29, 1.82) is 0 Å². The molecule has 1 aliphatic heterocycles. The molecule has 0 atom stereocenters. The van der Waals surface area contributed by atoms with Crippen LogP contribution in [0.15, 0.2) is 68.8 Å². The molecule has 0 radical (unpaired) electrons. The largest absolute Gasteiger partial charge is 0.870 e. The van der Waals surface area contributed by atoms with Crippen LogP contribution >= 0.6 is 11.6 Å². The van der Waals surface area contributed by atoms with Gasteiger partial charge in [0.05, 0.1) is 11.0 Å². The molecule has 2 aromatic rings. The molecule has 2 aromatic carbocycles. The van der Waals surface area contributed by atoms with Gasteiger partial charge in [-0.1, -0.05) is 6.07 Å². The first-order valence-corrected chi connectivity index (χ1v) is 17.0. The monoisotopic (exact) mass is 637 g/mol. The van der Waals surface area contributed by atoms with Gasteiger partial charge in [0.2, 0.25) is 15.4 Å². The standard InChI is InChI=1S/C29H34ClN3O6S2.H2O/c1-5-32(6-2)20-9-12-23-26(17-20)39-27-18-21(33(7-3)8-4)10-13-24(27)29(23)25-14-11-22(19-28(25)41(36,37)38)40(34,35)31-16-15-30;/h9-14,17-19,31H,5-8,15-16H2,1-4H3;1H2. The van der Waals surface area contributed by atoms with Crippen LogP contribution in [0.5, 0.6) is 0 Å². The van der Waals surface area contributed by atoms with E-state index in [4.69, 9.17) is 16.0 Å². The number of halogens is 1. The van der Waals surface area contributed by atoms with Crippen LogP contribution in [0, 0.1) is 0 Å². The van der Waals surface area contributed by atoms with Crippen LogP contribution in [-0.2, 0) is 20.1 Å². The number of rotatable bonds is 11. The fourth-order valence-electron chi connectivity index (χ4n) is 5.07. The SMILES string of the molecule is CCN(CC)c1ccc2c(-c3ccc(S(=O)(=O)NCCCl)cc3S(=O)(=O)O)c3ccc(=[N+](CC)CC)cc-3oc2c1.[OH-]. The summed E-state index contributed by atoms with van der Waals surface area (Å²) in [5, 5.41) is 1.56.